The van der Waals surface area contributed by atoms with E-state index in [4.69, 9.17) is 9.79 Å². The second kappa shape index (κ2) is 11.2. The lowest BCUT2D eigenvalue weighted by molar-refractivity contribution is -0.117. The van der Waals surface area contributed by atoms with Crippen LogP contribution in [0.5, 0.6) is 0 Å². The number of phosphoric ester groups is 1. The second-order valence-corrected chi connectivity index (χ2v) is 8.70. The molecule has 2 rings (SSSR count). The molecule has 2 aromatic rings. The number of hydrogen-bond donors (Lipinski definition) is 3. The standard InChI is InChI=1S/C19H22N3O7PS/c1-13(22(12-23)11-16-10-20-14(2)21-18(16)24)17(8-9-29-30(26,27)28)31-19(25)15-6-4-3-5-7-15/h3-7,10,12H,8-9,11H2,1-2H3,(H,20,21,24)(H2,26,27,28)/b17-13+. The number of aryl methyl sites for hydroxylation is 1. The van der Waals surface area contributed by atoms with Gasteiger partial charge in [0.2, 0.25) is 11.5 Å². The molecule has 1 aromatic carbocycles. The van der Waals surface area contributed by atoms with Gasteiger partial charge < -0.3 is 19.7 Å². The maximum atomic E-state index is 12.6. The summed E-state index contributed by atoms with van der Waals surface area (Å²) in [4.78, 5) is 62.5. The lowest BCUT2D eigenvalue weighted by Crippen LogP contribution is -2.26. The first-order valence-electron chi connectivity index (χ1n) is 9.04. The number of hydrogen-bond acceptors (Lipinski definition) is 7. The Morgan fingerprint density at radius 2 is 2.00 bits per heavy atom. The zero-order valence-electron chi connectivity index (χ0n) is 16.8. The summed E-state index contributed by atoms with van der Waals surface area (Å²) in [7, 11) is -4.69. The van der Waals surface area contributed by atoms with Crippen LogP contribution in [0.3, 0.4) is 0 Å². The molecule has 1 amide bonds. The molecule has 31 heavy (non-hydrogen) atoms. The number of phosphoric acid groups is 1. The van der Waals surface area contributed by atoms with Gasteiger partial charge in [-0.15, -0.1) is 0 Å². The Bertz CT molecular complexity index is 1070. The number of benzene rings is 1. The lowest BCUT2D eigenvalue weighted by atomic mass is 10.2. The molecular weight excluding hydrogens is 445 g/mol. The normalized spacial score (nSPS) is 12.3. The van der Waals surface area contributed by atoms with Gasteiger partial charge in [-0.1, -0.05) is 30.3 Å². The van der Waals surface area contributed by atoms with Gasteiger partial charge in [0.15, 0.2) is 0 Å². The number of nitrogens with zero attached hydrogens (tertiary/aromatic N) is 2. The number of rotatable bonds is 10. The van der Waals surface area contributed by atoms with E-state index in [9.17, 15) is 18.9 Å². The van der Waals surface area contributed by atoms with Crippen molar-refractivity contribution in [3.8, 4) is 0 Å². The molecule has 0 saturated heterocycles. The van der Waals surface area contributed by atoms with Crippen LogP contribution < -0.4 is 5.56 Å². The first kappa shape index (κ1) is 24.7. The maximum Gasteiger partial charge on any atom is 0.469 e. The van der Waals surface area contributed by atoms with Gasteiger partial charge in [-0.3, -0.25) is 18.9 Å². The number of carbonyl (C=O) groups excluding carboxylic acids is 2. The SMILES string of the molecule is C/C(=C(/CCOP(=O)(O)O)SC(=O)c1ccccc1)N(C=O)Cc1cnc(C)[nH]c1=O. The zero-order valence-corrected chi connectivity index (χ0v) is 18.6. The molecule has 166 valence electrons. The largest absolute Gasteiger partial charge is 0.469 e. The Labute approximate surface area is 182 Å². The van der Waals surface area contributed by atoms with E-state index in [2.05, 4.69) is 14.5 Å². The van der Waals surface area contributed by atoms with E-state index in [-0.39, 0.29) is 30.3 Å². The summed E-state index contributed by atoms with van der Waals surface area (Å²) in [6.07, 6.45) is 1.83. The van der Waals surface area contributed by atoms with E-state index in [0.29, 0.717) is 28.4 Å². The van der Waals surface area contributed by atoms with Crippen LogP contribution in [-0.2, 0) is 20.4 Å². The smallest absolute Gasteiger partial charge is 0.314 e. The molecule has 0 unspecified atom stereocenters. The molecule has 1 aromatic heterocycles. The Morgan fingerprint density at radius 1 is 1.32 bits per heavy atom. The number of aromatic nitrogens is 2. The van der Waals surface area contributed by atoms with Crippen LogP contribution in [0.2, 0.25) is 0 Å². The van der Waals surface area contributed by atoms with Gasteiger partial charge in [0.25, 0.3) is 5.56 Å². The Balaban J connectivity index is 2.31. The van der Waals surface area contributed by atoms with Crippen molar-refractivity contribution in [3.05, 3.63) is 74.4 Å². The molecule has 0 aliphatic heterocycles. The maximum absolute atomic E-state index is 12.6. The van der Waals surface area contributed by atoms with Crippen LogP contribution >= 0.6 is 19.6 Å². The second-order valence-electron chi connectivity index (χ2n) is 6.39. The average molecular weight is 467 g/mol. The van der Waals surface area contributed by atoms with Crippen LogP contribution in [0, 0.1) is 6.92 Å². The molecule has 3 N–H and O–H groups in total. The van der Waals surface area contributed by atoms with Gasteiger partial charge in [0, 0.05) is 28.8 Å². The molecular formula is C19H22N3O7PS. The van der Waals surface area contributed by atoms with E-state index in [0.717, 1.165) is 11.8 Å². The monoisotopic (exact) mass is 467 g/mol. The number of amides is 1. The van der Waals surface area contributed by atoms with Crippen molar-refractivity contribution >= 4 is 31.1 Å². The Hall–Kier alpha value is -2.56. The highest BCUT2D eigenvalue weighted by atomic mass is 32.2. The molecule has 12 heteroatoms. The summed E-state index contributed by atoms with van der Waals surface area (Å²) in [6.45, 7) is 2.73. The summed E-state index contributed by atoms with van der Waals surface area (Å²) in [6, 6.07) is 8.43. The molecule has 0 fully saturated rings. The molecule has 0 aliphatic carbocycles. The first-order valence-corrected chi connectivity index (χ1v) is 11.4. The molecule has 0 atom stereocenters. The summed E-state index contributed by atoms with van der Waals surface area (Å²) < 4.78 is 15.5. The van der Waals surface area contributed by atoms with Crippen molar-refractivity contribution < 1.29 is 28.5 Å². The molecule has 0 radical (unpaired) electrons. The topological polar surface area (TPSA) is 150 Å². The third-order valence-electron chi connectivity index (χ3n) is 4.12. The van der Waals surface area contributed by atoms with Crippen molar-refractivity contribution in [1.82, 2.24) is 14.9 Å². The molecule has 0 bridgehead atoms. The van der Waals surface area contributed by atoms with Crippen LogP contribution in [0.1, 0.15) is 35.1 Å². The number of aromatic amines is 1. The number of thioether (sulfide) groups is 1. The number of allylic oxidation sites excluding steroid dienone is 1. The van der Waals surface area contributed by atoms with Crippen molar-refractivity contribution in [1.29, 1.82) is 0 Å². The first-order chi connectivity index (χ1) is 14.6. The highest BCUT2D eigenvalue weighted by Gasteiger charge is 2.20. The third kappa shape index (κ3) is 7.89. The highest BCUT2D eigenvalue weighted by Crippen LogP contribution is 2.37. The van der Waals surface area contributed by atoms with Crippen molar-refractivity contribution in [2.24, 2.45) is 0 Å². The lowest BCUT2D eigenvalue weighted by Gasteiger charge is -2.21. The van der Waals surface area contributed by atoms with Crippen LogP contribution in [0.4, 0.5) is 0 Å². The van der Waals surface area contributed by atoms with Crippen LogP contribution in [0.15, 0.2) is 51.9 Å². The van der Waals surface area contributed by atoms with Gasteiger partial charge in [0.1, 0.15) is 5.82 Å². The van der Waals surface area contributed by atoms with E-state index in [1.807, 2.05) is 0 Å². The predicted octanol–water partition coefficient (Wildman–Crippen LogP) is 2.34. The highest BCUT2D eigenvalue weighted by molar-refractivity contribution is 8.17. The minimum absolute atomic E-state index is 0.0347. The third-order valence-corrected chi connectivity index (χ3v) is 5.80. The van der Waals surface area contributed by atoms with Gasteiger partial charge in [-0.25, -0.2) is 9.55 Å². The van der Waals surface area contributed by atoms with Crippen LogP contribution in [-0.4, -0.2) is 42.8 Å². The number of nitrogens with one attached hydrogen (secondary N) is 1. The molecule has 0 spiro atoms. The van der Waals surface area contributed by atoms with Crippen LogP contribution in [0.25, 0.3) is 0 Å². The summed E-state index contributed by atoms with van der Waals surface area (Å²) in [5.74, 6) is 0.429. The quantitative estimate of drug-likeness (QED) is 0.353. The van der Waals surface area contributed by atoms with E-state index in [1.54, 1.807) is 44.2 Å². The fourth-order valence-corrected chi connectivity index (χ4v) is 3.77. The Morgan fingerprint density at radius 3 is 2.58 bits per heavy atom. The number of carbonyl (C=O) groups is 2. The van der Waals surface area contributed by atoms with Gasteiger partial charge >= 0.3 is 7.82 Å². The fraction of sp³-hybridized carbons (Fsp3) is 0.263. The molecule has 10 nitrogen and oxygen atoms in total. The van der Waals surface area contributed by atoms with Gasteiger partial charge in [0.05, 0.1) is 18.7 Å². The van der Waals surface area contributed by atoms with E-state index in [1.165, 1.54) is 11.1 Å². The van der Waals surface area contributed by atoms with E-state index >= 15 is 0 Å². The van der Waals surface area contributed by atoms with Crippen molar-refractivity contribution in [3.63, 3.8) is 0 Å². The summed E-state index contributed by atoms with van der Waals surface area (Å²) in [5, 5.41) is -0.313. The molecule has 0 saturated carbocycles. The van der Waals surface area contributed by atoms with Gasteiger partial charge in [-0.05, 0) is 25.6 Å². The Kier molecular flexibility index (Phi) is 8.90. The minimum Gasteiger partial charge on any atom is -0.314 e. The van der Waals surface area contributed by atoms with Crippen molar-refractivity contribution in [2.45, 2.75) is 26.8 Å². The summed E-state index contributed by atoms with van der Waals surface area (Å²) >= 11 is 0.823. The average Bonchev–Trinajstić information content (AvgIpc) is 2.71. The van der Waals surface area contributed by atoms with E-state index < -0.39 is 13.4 Å². The molecule has 0 aliphatic rings. The van der Waals surface area contributed by atoms with Crippen molar-refractivity contribution in [2.75, 3.05) is 6.61 Å². The molecule has 1 heterocycles. The summed E-state index contributed by atoms with van der Waals surface area (Å²) in [5.41, 5.74) is 0.609. The minimum atomic E-state index is -4.69. The van der Waals surface area contributed by atoms with Gasteiger partial charge in [-0.2, -0.15) is 0 Å². The predicted molar refractivity (Wildman–Crippen MR) is 115 cm³/mol. The zero-order chi connectivity index (χ0) is 23.0. The fourth-order valence-electron chi connectivity index (χ4n) is 2.51. The number of H-pyrrole nitrogens is 1.